The van der Waals surface area contributed by atoms with E-state index in [0.29, 0.717) is 0 Å². The van der Waals surface area contributed by atoms with Crippen LogP contribution in [0.25, 0.3) is 0 Å². The SMILES string of the molecule is Cc1ccc(Nc2cnnc(N3CCCCCC3)n2)c(C)c1. The molecule has 1 aromatic heterocycles. The molecule has 0 saturated carbocycles. The highest BCUT2D eigenvalue weighted by atomic mass is 15.3. The highest BCUT2D eigenvalue weighted by molar-refractivity contribution is 5.60. The first-order chi connectivity index (χ1) is 10.7. The van der Waals surface area contributed by atoms with Crippen LogP contribution in [0.2, 0.25) is 0 Å². The second-order valence-electron chi connectivity index (χ2n) is 5.99. The third-order valence-corrected chi connectivity index (χ3v) is 4.08. The van der Waals surface area contributed by atoms with Crippen molar-refractivity contribution in [3.63, 3.8) is 0 Å². The molecular formula is C17H23N5. The Hall–Kier alpha value is -2.17. The summed E-state index contributed by atoms with van der Waals surface area (Å²) >= 11 is 0. The number of aromatic nitrogens is 3. The molecule has 1 fully saturated rings. The maximum Gasteiger partial charge on any atom is 0.247 e. The summed E-state index contributed by atoms with van der Waals surface area (Å²) < 4.78 is 0. The molecule has 1 aromatic carbocycles. The third-order valence-electron chi connectivity index (χ3n) is 4.08. The average molecular weight is 297 g/mol. The maximum atomic E-state index is 4.64. The predicted molar refractivity (Wildman–Crippen MR) is 89.7 cm³/mol. The molecule has 22 heavy (non-hydrogen) atoms. The Balaban J connectivity index is 1.78. The molecule has 0 aliphatic carbocycles. The Bertz CT molecular complexity index is 633. The van der Waals surface area contributed by atoms with Crippen molar-refractivity contribution in [2.45, 2.75) is 39.5 Å². The molecule has 0 amide bonds. The van der Waals surface area contributed by atoms with Crippen molar-refractivity contribution in [2.24, 2.45) is 0 Å². The third kappa shape index (κ3) is 3.53. The number of nitrogens with one attached hydrogen (secondary N) is 1. The first-order valence-corrected chi connectivity index (χ1v) is 8.01. The number of anilines is 3. The van der Waals surface area contributed by atoms with Crippen molar-refractivity contribution in [3.05, 3.63) is 35.5 Å². The Morgan fingerprint density at radius 2 is 1.82 bits per heavy atom. The minimum atomic E-state index is 0.733. The van der Waals surface area contributed by atoms with Crippen molar-refractivity contribution in [3.8, 4) is 0 Å². The standard InChI is InChI=1S/C17H23N5/c1-13-7-8-15(14(2)11-13)19-16-12-18-21-17(20-16)22-9-5-3-4-6-10-22/h7-8,11-12H,3-6,9-10H2,1-2H3,(H,19,20,21). The number of nitrogens with zero attached hydrogens (tertiary/aromatic N) is 4. The average Bonchev–Trinajstić information content (AvgIpc) is 2.80. The molecule has 5 nitrogen and oxygen atoms in total. The fourth-order valence-electron chi connectivity index (χ4n) is 2.85. The van der Waals surface area contributed by atoms with Gasteiger partial charge in [0.25, 0.3) is 0 Å². The van der Waals surface area contributed by atoms with E-state index in [9.17, 15) is 0 Å². The maximum absolute atomic E-state index is 4.64. The van der Waals surface area contributed by atoms with Crippen LogP contribution in [-0.2, 0) is 0 Å². The number of aryl methyl sites for hydroxylation is 2. The highest BCUT2D eigenvalue weighted by Crippen LogP contribution is 2.21. The molecule has 0 atom stereocenters. The van der Waals surface area contributed by atoms with Crippen molar-refractivity contribution in [1.29, 1.82) is 0 Å². The first kappa shape index (κ1) is 14.8. The van der Waals surface area contributed by atoms with Crippen LogP contribution in [0.4, 0.5) is 17.5 Å². The van der Waals surface area contributed by atoms with Crippen LogP contribution in [-0.4, -0.2) is 28.3 Å². The van der Waals surface area contributed by atoms with Crippen molar-refractivity contribution >= 4 is 17.5 Å². The summed E-state index contributed by atoms with van der Waals surface area (Å²) in [7, 11) is 0. The number of hydrogen-bond acceptors (Lipinski definition) is 5. The van der Waals surface area contributed by atoms with Crippen LogP contribution in [0.1, 0.15) is 36.8 Å². The van der Waals surface area contributed by atoms with E-state index in [0.717, 1.165) is 30.5 Å². The van der Waals surface area contributed by atoms with E-state index in [4.69, 9.17) is 0 Å². The number of rotatable bonds is 3. The largest absolute Gasteiger partial charge is 0.339 e. The lowest BCUT2D eigenvalue weighted by molar-refractivity contribution is 0.726. The zero-order chi connectivity index (χ0) is 15.4. The first-order valence-electron chi connectivity index (χ1n) is 8.01. The molecule has 0 spiro atoms. The van der Waals surface area contributed by atoms with Crippen LogP contribution in [0.3, 0.4) is 0 Å². The van der Waals surface area contributed by atoms with Gasteiger partial charge in [-0.15, -0.1) is 5.10 Å². The topological polar surface area (TPSA) is 53.9 Å². The minimum Gasteiger partial charge on any atom is -0.339 e. The summed E-state index contributed by atoms with van der Waals surface area (Å²) in [6.45, 7) is 6.24. The van der Waals surface area contributed by atoms with Crippen LogP contribution >= 0.6 is 0 Å². The van der Waals surface area contributed by atoms with E-state index in [1.54, 1.807) is 6.20 Å². The summed E-state index contributed by atoms with van der Waals surface area (Å²) in [6.07, 6.45) is 6.69. The quantitative estimate of drug-likeness (QED) is 0.938. The van der Waals surface area contributed by atoms with Gasteiger partial charge in [-0.05, 0) is 38.3 Å². The predicted octanol–water partition coefficient (Wildman–Crippen LogP) is 3.61. The van der Waals surface area contributed by atoms with Gasteiger partial charge in [0.05, 0.1) is 6.20 Å². The monoisotopic (exact) mass is 297 g/mol. The molecule has 1 aliphatic rings. The number of benzene rings is 1. The smallest absolute Gasteiger partial charge is 0.247 e. The van der Waals surface area contributed by atoms with Gasteiger partial charge in [-0.25, -0.2) is 0 Å². The molecule has 1 N–H and O–H groups in total. The molecule has 0 radical (unpaired) electrons. The number of hydrogen-bond donors (Lipinski definition) is 1. The van der Waals surface area contributed by atoms with E-state index in [1.807, 2.05) is 0 Å². The minimum absolute atomic E-state index is 0.733. The lowest BCUT2D eigenvalue weighted by atomic mass is 10.1. The van der Waals surface area contributed by atoms with Crippen LogP contribution in [0.15, 0.2) is 24.4 Å². The zero-order valence-corrected chi connectivity index (χ0v) is 13.3. The second kappa shape index (κ2) is 6.73. The molecule has 116 valence electrons. The molecule has 2 heterocycles. The fraction of sp³-hybridized carbons (Fsp3) is 0.471. The molecule has 0 unspecified atom stereocenters. The summed E-state index contributed by atoms with van der Waals surface area (Å²) in [6, 6.07) is 6.34. The summed E-state index contributed by atoms with van der Waals surface area (Å²) in [5.74, 6) is 1.48. The lowest BCUT2D eigenvalue weighted by Gasteiger charge is -2.20. The van der Waals surface area contributed by atoms with Crippen LogP contribution in [0.5, 0.6) is 0 Å². The van der Waals surface area contributed by atoms with Crippen LogP contribution in [0, 0.1) is 13.8 Å². The summed E-state index contributed by atoms with van der Waals surface area (Å²) in [5.41, 5.74) is 3.52. The van der Waals surface area contributed by atoms with E-state index in [-0.39, 0.29) is 0 Å². The van der Waals surface area contributed by atoms with Gasteiger partial charge in [0, 0.05) is 18.8 Å². The van der Waals surface area contributed by atoms with E-state index in [2.05, 4.69) is 57.4 Å². The molecule has 2 aromatic rings. The highest BCUT2D eigenvalue weighted by Gasteiger charge is 2.13. The second-order valence-corrected chi connectivity index (χ2v) is 5.99. The Morgan fingerprint density at radius 3 is 2.55 bits per heavy atom. The van der Waals surface area contributed by atoms with Gasteiger partial charge in [-0.3, -0.25) is 0 Å². The Morgan fingerprint density at radius 1 is 1.05 bits per heavy atom. The molecular weight excluding hydrogens is 274 g/mol. The molecule has 3 rings (SSSR count). The fourth-order valence-corrected chi connectivity index (χ4v) is 2.85. The van der Waals surface area contributed by atoms with Gasteiger partial charge >= 0.3 is 0 Å². The van der Waals surface area contributed by atoms with Gasteiger partial charge in [-0.2, -0.15) is 10.1 Å². The van der Waals surface area contributed by atoms with Crippen LogP contribution < -0.4 is 10.2 Å². The van der Waals surface area contributed by atoms with Gasteiger partial charge in [0.15, 0.2) is 5.82 Å². The zero-order valence-electron chi connectivity index (χ0n) is 13.3. The molecule has 0 bridgehead atoms. The van der Waals surface area contributed by atoms with E-state index in [1.165, 1.54) is 36.8 Å². The van der Waals surface area contributed by atoms with E-state index >= 15 is 0 Å². The van der Waals surface area contributed by atoms with Gasteiger partial charge in [0.2, 0.25) is 5.95 Å². The van der Waals surface area contributed by atoms with Gasteiger partial charge in [-0.1, -0.05) is 30.5 Å². The Kier molecular flexibility index (Phi) is 4.51. The van der Waals surface area contributed by atoms with Crippen molar-refractivity contribution in [1.82, 2.24) is 15.2 Å². The van der Waals surface area contributed by atoms with Crippen molar-refractivity contribution in [2.75, 3.05) is 23.3 Å². The molecule has 1 aliphatic heterocycles. The summed E-state index contributed by atoms with van der Waals surface area (Å²) in [5, 5.41) is 11.7. The molecule has 1 saturated heterocycles. The van der Waals surface area contributed by atoms with Crippen molar-refractivity contribution < 1.29 is 0 Å². The lowest BCUT2D eigenvalue weighted by Crippen LogP contribution is -2.26. The van der Waals surface area contributed by atoms with Gasteiger partial charge in [0.1, 0.15) is 0 Å². The molecule has 5 heteroatoms. The van der Waals surface area contributed by atoms with Gasteiger partial charge < -0.3 is 10.2 Å². The normalized spacial score (nSPS) is 15.5. The Labute approximate surface area is 131 Å². The summed E-state index contributed by atoms with van der Waals surface area (Å²) in [4.78, 5) is 6.88. The van der Waals surface area contributed by atoms with E-state index < -0.39 is 0 Å².